The number of imidazole rings is 1. The summed E-state index contributed by atoms with van der Waals surface area (Å²) in [5.41, 5.74) is 11.8. The van der Waals surface area contributed by atoms with Gasteiger partial charge >= 0.3 is 11.9 Å². The number of rotatable bonds is 18. The van der Waals surface area contributed by atoms with Crippen molar-refractivity contribution < 1.29 is 19.1 Å². The van der Waals surface area contributed by atoms with Gasteiger partial charge in [0.2, 0.25) is 5.95 Å². The first-order valence-electron chi connectivity index (χ1n) is 13.5. The molecular weight excluding hydrogens is 476 g/mol. The number of ether oxygens (including phenoxy) is 2. The molecule has 0 bridgehead atoms. The van der Waals surface area contributed by atoms with Crippen LogP contribution in [0.25, 0.3) is 11.2 Å². The lowest BCUT2D eigenvalue weighted by Crippen LogP contribution is -2.38. The summed E-state index contributed by atoms with van der Waals surface area (Å²) >= 11 is 0. The number of carbonyl (C=O) groups excluding carboxylic acids is 2. The highest BCUT2D eigenvalue weighted by Crippen LogP contribution is 2.15. The predicted octanol–water partition coefficient (Wildman–Crippen LogP) is 3.31. The van der Waals surface area contributed by atoms with E-state index < -0.39 is 17.6 Å². The van der Waals surface area contributed by atoms with Crippen LogP contribution in [-0.4, -0.2) is 50.7 Å². The summed E-state index contributed by atoms with van der Waals surface area (Å²) in [5, 5.41) is 0. The summed E-state index contributed by atoms with van der Waals surface area (Å²) in [6, 6.07) is -0.681. The van der Waals surface area contributed by atoms with Crippen molar-refractivity contribution in [3.63, 3.8) is 0 Å². The fourth-order valence-corrected chi connectivity index (χ4v) is 4.03. The van der Waals surface area contributed by atoms with Crippen molar-refractivity contribution in [1.82, 2.24) is 19.5 Å². The number of carbonyl (C=O) groups is 2. The van der Waals surface area contributed by atoms with Gasteiger partial charge in [0.15, 0.2) is 11.2 Å². The molecule has 11 heteroatoms. The number of hydrogen-bond acceptors (Lipinski definition) is 9. The first kappa shape index (κ1) is 30.3. The Morgan fingerprint density at radius 3 is 2.51 bits per heavy atom. The summed E-state index contributed by atoms with van der Waals surface area (Å²) in [7, 11) is 0. The van der Waals surface area contributed by atoms with Crippen molar-refractivity contribution in [2.24, 2.45) is 17.6 Å². The highest BCUT2D eigenvalue weighted by atomic mass is 16.5. The molecule has 0 aliphatic heterocycles. The fraction of sp³-hybridized carbons (Fsp3) is 0.731. The van der Waals surface area contributed by atoms with Crippen molar-refractivity contribution in [1.29, 1.82) is 0 Å². The van der Waals surface area contributed by atoms with Crippen LogP contribution < -0.4 is 17.0 Å². The molecule has 0 aromatic carbocycles. The molecule has 0 radical (unpaired) electrons. The molecule has 208 valence electrons. The van der Waals surface area contributed by atoms with E-state index in [2.05, 4.69) is 21.9 Å². The van der Waals surface area contributed by atoms with Crippen molar-refractivity contribution in [3.05, 3.63) is 16.7 Å². The second kappa shape index (κ2) is 16.0. The number of nitrogen functional groups attached to an aromatic ring is 1. The lowest BCUT2D eigenvalue weighted by atomic mass is 10.0. The van der Waals surface area contributed by atoms with Gasteiger partial charge in [0.1, 0.15) is 6.04 Å². The van der Waals surface area contributed by atoms with Gasteiger partial charge in [-0.1, -0.05) is 65.7 Å². The molecular formula is C26H44N6O5. The topological polar surface area (TPSA) is 168 Å². The predicted molar refractivity (Wildman–Crippen MR) is 143 cm³/mol. The Labute approximate surface area is 218 Å². The SMILES string of the molecule is CCCCCCCCCC(=O)OC[C@H](CCOC(=O)[C@@H](N)[C@@H](C)CC)Cn1cnc2c(=O)[nH]c(N)nc21. The van der Waals surface area contributed by atoms with E-state index in [0.29, 0.717) is 25.0 Å². The summed E-state index contributed by atoms with van der Waals surface area (Å²) < 4.78 is 12.7. The maximum absolute atomic E-state index is 12.3. The van der Waals surface area contributed by atoms with E-state index in [0.717, 1.165) is 25.7 Å². The Bertz CT molecular complexity index is 1040. The molecule has 2 rings (SSSR count). The van der Waals surface area contributed by atoms with Gasteiger partial charge in [0.25, 0.3) is 5.56 Å². The standard InChI is InChI=1S/C26H44N6O5/c1-4-6-7-8-9-10-11-12-20(33)37-16-19(13-14-36-25(35)21(27)18(3)5-2)15-32-17-29-22-23(32)30-26(28)31-24(22)34/h17-19,21H,4-16,27H2,1-3H3,(H3,28,30,31,34)/t18-,19+,21-/m0/s1. The van der Waals surface area contributed by atoms with Crippen molar-refractivity contribution in [2.75, 3.05) is 18.9 Å². The van der Waals surface area contributed by atoms with Crippen LogP contribution >= 0.6 is 0 Å². The molecule has 0 fully saturated rings. The Morgan fingerprint density at radius 2 is 1.81 bits per heavy atom. The number of unbranched alkanes of at least 4 members (excludes halogenated alkanes) is 6. The van der Waals surface area contributed by atoms with E-state index >= 15 is 0 Å². The Hall–Kier alpha value is -2.95. The first-order chi connectivity index (χ1) is 17.8. The van der Waals surface area contributed by atoms with Crippen LogP contribution in [0.15, 0.2) is 11.1 Å². The summed E-state index contributed by atoms with van der Waals surface area (Å²) in [6.07, 6.45) is 10.9. The molecule has 5 N–H and O–H groups in total. The zero-order valence-electron chi connectivity index (χ0n) is 22.5. The van der Waals surface area contributed by atoms with E-state index in [9.17, 15) is 14.4 Å². The van der Waals surface area contributed by atoms with Crippen LogP contribution in [0.1, 0.15) is 85.0 Å². The van der Waals surface area contributed by atoms with Gasteiger partial charge in [-0.05, 0) is 18.8 Å². The number of esters is 2. The van der Waals surface area contributed by atoms with Crippen LogP contribution in [-0.2, 0) is 25.6 Å². The maximum atomic E-state index is 12.3. The molecule has 3 atom stereocenters. The molecule has 37 heavy (non-hydrogen) atoms. The number of hydrogen-bond donors (Lipinski definition) is 3. The Morgan fingerprint density at radius 1 is 1.11 bits per heavy atom. The highest BCUT2D eigenvalue weighted by molar-refractivity contribution is 5.75. The van der Waals surface area contributed by atoms with Crippen LogP contribution in [0.3, 0.4) is 0 Å². The smallest absolute Gasteiger partial charge is 0.323 e. The van der Waals surface area contributed by atoms with Gasteiger partial charge in [-0.3, -0.25) is 19.4 Å². The van der Waals surface area contributed by atoms with E-state index in [4.69, 9.17) is 20.9 Å². The maximum Gasteiger partial charge on any atom is 0.323 e. The third kappa shape index (κ3) is 10.1. The quantitative estimate of drug-likeness (QED) is 0.197. The Kier molecular flexibility index (Phi) is 13.1. The molecule has 2 heterocycles. The molecule has 0 saturated heterocycles. The van der Waals surface area contributed by atoms with Gasteiger partial charge in [-0.2, -0.15) is 4.98 Å². The van der Waals surface area contributed by atoms with Gasteiger partial charge in [-0.25, -0.2) is 4.98 Å². The van der Waals surface area contributed by atoms with E-state index in [1.54, 1.807) is 4.57 Å². The summed E-state index contributed by atoms with van der Waals surface area (Å²) in [6.45, 7) is 6.69. The number of nitrogens with two attached hydrogens (primary N) is 2. The zero-order chi connectivity index (χ0) is 27.2. The number of nitrogens with one attached hydrogen (secondary N) is 1. The molecule has 0 amide bonds. The number of H-pyrrole nitrogens is 1. The van der Waals surface area contributed by atoms with E-state index in [1.807, 2.05) is 13.8 Å². The monoisotopic (exact) mass is 520 g/mol. The molecule has 0 unspecified atom stereocenters. The second-order valence-electron chi connectivity index (χ2n) is 9.81. The number of fused-ring (bicyclic) bond motifs is 1. The van der Waals surface area contributed by atoms with Gasteiger partial charge in [0.05, 0.1) is 19.5 Å². The van der Waals surface area contributed by atoms with Crippen molar-refractivity contribution >= 4 is 29.1 Å². The van der Waals surface area contributed by atoms with Gasteiger partial charge < -0.3 is 25.5 Å². The van der Waals surface area contributed by atoms with Crippen molar-refractivity contribution in [2.45, 2.75) is 97.6 Å². The normalized spacial score (nSPS) is 13.8. The zero-order valence-corrected chi connectivity index (χ0v) is 22.5. The van der Waals surface area contributed by atoms with Crippen LogP contribution in [0, 0.1) is 11.8 Å². The average molecular weight is 521 g/mol. The summed E-state index contributed by atoms with van der Waals surface area (Å²) in [4.78, 5) is 47.5. The van der Waals surface area contributed by atoms with E-state index in [1.165, 1.54) is 32.0 Å². The fourth-order valence-electron chi connectivity index (χ4n) is 4.03. The van der Waals surface area contributed by atoms with Gasteiger partial charge in [0, 0.05) is 18.9 Å². The molecule has 0 aliphatic carbocycles. The minimum Gasteiger partial charge on any atom is -0.465 e. The van der Waals surface area contributed by atoms with Gasteiger partial charge in [-0.15, -0.1) is 0 Å². The Balaban J connectivity index is 1.94. The molecule has 0 spiro atoms. The second-order valence-corrected chi connectivity index (χ2v) is 9.81. The number of nitrogens with zero attached hydrogens (tertiary/aromatic N) is 3. The summed E-state index contributed by atoms with van der Waals surface area (Å²) in [5.74, 6) is -0.889. The minimum absolute atomic E-state index is 0.00937. The molecule has 0 aliphatic rings. The highest BCUT2D eigenvalue weighted by Gasteiger charge is 2.22. The minimum atomic E-state index is -0.681. The molecule has 11 nitrogen and oxygen atoms in total. The van der Waals surface area contributed by atoms with Crippen LogP contribution in [0.4, 0.5) is 5.95 Å². The average Bonchev–Trinajstić information content (AvgIpc) is 3.28. The van der Waals surface area contributed by atoms with Crippen LogP contribution in [0.2, 0.25) is 0 Å². The van der Waals surface area contributed by atoms with Crippen molar-refractivity contribution in [3.8, 4) is 0 Å². The number of aromatic nitrogens is 4. The lowest BCUT2D eigenvalue weighted by Gasteiger charge is -2.20. The molecule has 2 aromatic rings. The number of aromatic amines is 1. The van der Waals surface area contributed by atoms with Crippen LogP contribution in [0.5, 0.6) is 0 Å². The van der Waals surface area contributed by atoms with E-state index in [-0.39, 0.29) is 42.5 Å². The third-order valence-electron chi connectivity index (χ3n) is 6.71. The lowest BCUT2D eigenvalue weighted by molar-refractivity contribution is -0.149. The molecule has 0 saturated carbocycles. The first-order valence-corrected chi connectivity index (χ1v) is 13.5. The largest absolute Gasteiger partial charge is 0.465 e. The third-order valence-corrected chi connectivity index (χ3v) is 6.71. The number of anilines is 1. The molecule has 2 aromatic heterocycles.